The summed E-state index contributed by atoms with van der Waals surface area (Å²) in [6.07, 6.45) is 3.61. The molecule has 3 heterocycles. The largest absolute Gasteiger partial charge is 0.486 e. The number of carbonyl (C=O) groups is 2. The summed E-state index contributed by atoms with van der Waals surface area (Å²) in [4.78, 5) is 25.2. The molecule has 7 heteroatoms. The number of halogens is 1. The van der Waals surface area contributed by atoms with E-state index in [1.54, 1.807) is 0 Å². The fourth-order valence-corrected chi connectivity index (χ4v) is 4.86. The van der Waals surface area contributed by atoms with E-state index in [0.29, 0.717) is 18.1 Å². The van der Waals surface area contributed by atoms with Crippen LogP contribution >= 0.6 is 11.6 Å². The average Bonchev–Trinajstić information content (AvgIpc) is 2.68. The van der Waals surface area contributed by atoms with Gasteiger partial charge in [-0.25, -0.2) is 0 Å². The lowest BCUT2D eigenvalue weighted by Gasteiger charge is -2.53. The number of amides is 2. The monoisotopic (exact) mass is 392 g/mol. The first-order valence-corrected chi connectivity index (χ1v) is 9.99. The molecule has 1 aromatic carbocycles. The van der Waals surface area contributed by atoms with E-state index >= 15 is 0 Å². The molecule has 27 heavy (non-hydrogen) atoms. The van der Waals surface area contributed by atoms with Crippen LogP contribution in [0.15, 0.2) is 18.2 Å². The van der Waals surface area contributed by atoms with Gasteiger partial charge in [0.1, 0.15) is 11.4 Å². The second kappa shape index (κ2) is 7.32. The molecule has 2 amide bonds. The molecular formula is C20H25ClN2O4. The Bertz CT molecular complexity index is 745. The van der Waals surface area contributed by atoms with Crippen LogP contribution in [0, 0.1) is 5.92 Å². The number of piperidine rings is 1. The van der Waals surface area contributed by atoms with Gasteiger partial charge in [-0.05, 0) is 31.0 Å². The SMILES string of the molecule is CC(=O)NCC(=O)N1CCC2(CC1)Oc1ccc(Cl)cc1[C@H]1OCCC[C@@H]12. The number of carbonyl (C=O) groups excluding carboxylic acids is 2. The Kier molecular flexibility index (Phi) is 5.03. The molecule has 1 spiro atoms. The van der Waals surface area contributed by atoms with Crippen LogP contribution in [-0.2, 0) is 14.3 Å². The number of hydrogen-bond acceptors (Lipinski definition) is 4. The van der Waals surface area contributed by atoms with Crippen LogP contribution in [0.1, 0.15) is 44.3 Å². The van der Waals surface area contributed by atoms with Crippen molar-refractivity contribution in [3.05, 3.63) is 28.8 Å². The quantitative estimate of drug-likeness (QED) is 0.840. The predicted molar refractivity (Wildman–Crippen MR) is 101 cm³/mol. The smallest absolute Gasteiger partial charge is 0.241 e. The number of nitrogens with one attached hydrogen (secondary N) is 1. The molecule has 0 bridgehead atoms. The van der Waals surface area contributed by atoms with Gasteiger partial charge in [-0.2, -0.15) is 0 Å². The number of hydrogen-bond donors (Lipinski definition) is 1. The first-order chi connectivity index (χ1) is 13.0. The van der Waals surface area contributed by atoms with Gasteiger partial charge in [-0.15, -0.1) is 0 Å². The van der Waals surface area contributed by atoms with Crippen molar-refractivity contribution in [3.8, 4) is 5.75 Å². The normalized spacial score (nSPS) is 25.9. The highest BCUT2D eigenvalue weighted by Crippen LogP contribution is 2.53. The summed E-state index contributed by atoms with van der Waals surface area (Å²) < 4.78 is 12.7. The van der Waals surface area contributed by atoms with Gasteiger partial charge in [0, 0.05) is 56.0 Å². The van der Waals surface area contributed by atoms with Gasteiger partial charge < -0.3 is 19.7 Å². The number of benzene rings is 1. The Morgan fingerprint density at radius 1 is 1.33 bits per heavy atom. The fourth-order valence-electron chi connectivity index (χ4n) is 4.68. The number of likely N-dealkylation sites (tertiary alicyclic amines) is 1. The third-order valence-corrected chi connectivity index (χ3v) is 6.28. The molecule has 2 saturated heterocycles. The third kappa shape index (κ3) is 3.52. The maximum absolute atomic E-state index is 12.3. The highest BCUT2D eigenvalue weighted by Gasteiger charge is 2.52. The highest BCUT2D eigenvalue weighted by molar-refractivity contribution is 6.30. The van der Waals surface area contributed by atoms with E-state index in [0.717, 1.165) is 43.6 Å². The summed E-state index contributed by atoms with van der Waals surface area (Å²) in [6.45, 7) is 3.49. The van der Waals surface area contributed by atoms with Gasteiger partial charge >= 0.3 is 0 Å². The summed E-state index contributed by atoms with van der Waals surface area (Å²) in [5.74, 6) is 0.884. The third-order valence-electron chi connectivity index (χ3n) is 6.04. The minimum Gasteiger partial charge on any atom is -0.486 e. The van der Waals surface area contributed by atoms with Crippen LogP contribution in [0.2, 0.25) is 5.02 Å². The molecule has 0 unspecified atom stereocenters. The predicted octanol–water partition coefficient (Wildman–Crippen LogP) is 2.70. The Hall–Kier alpha value is -1.79. The van der Waals surface area contributed by atoms with Crippen LogP contribution in [0.4, 0.5) is 0 Å². The summed E-state index contributed by atoms with van der Waals surface area (Å²) >= 11 is 6.21. The Morgan fingerprint density at radius 3 is 2.85 bits per heavy atom. The number of ether oxygens (including phenoxy) is 2. The minimum absolute atomic E-state index is 0.00262. The van der Waals surface area contributed by atoms with Crippen molar-refractivity contribution in [2.45, 2.75) is 44.3 Å². The van der Waals surface area contributed by atoms with Crippen molar-refractivity contribution in [1.82, 2.24) is 10.2 Å². The van der Waals surface area contributed by atoms with Crippen LogP contribution < -0.4 is 10.1 Å². The Balaban J connectivity index is 1.52. The van der Waals surface area contributed by atoms with E-state index in [1.165, 1.54) is 6.92 Å². The topological polar surface area (TPSA) is 67.9 Å². The second-order valence-electron chi connectivity index (χ2n) is 7.68. The maximum atomic E-state index is 12.3. The molecule has 3 aliphatic rings. The summed E-state index contributed by atoms with van der Waals surface area (Å²) in [5.41, 5.74) is 0.735. The molecule has 0 saturated carbocycles. The van der Waals surface area contributed by atoms with Crippen LogP contribution in [0.5, 0.6) is 5.75 Å². The molecule has 6 nitrogen and oxygen atoms in total. The number of fused-ring (bicyclic) bond motifs is 4. The van der Waals surface area contributed by atoms with Crippen LogP contribution in [0.25, 0.3) is 0 Å². The van der Waals surface area contributed by atoms with E-state index in [-0.39, 0.29) is 36.0 Å². The summed E-state index contributed by atoms with van der Waals surface area (Å²) in [6, 6.07) is 5.74. The molecule has 0 aromatic heterocycles. The lowest BCUT2D eigenvalue weighted by molar-refractivity contribution is -0.156. The van der Waals surface area contributed by atoms with Gasteiger partial charge in [-0.3, -0.25) is 9.59 Å². The lowest BCUT2D eigenvalue weighted by atomic mass is 9.70. The molecular weight excluding hydrogens is 368 g/mol. The molecule has 0 radical (unpaired) electrons. The van der Waals surface area contributed by atoms with Crippen molar-refractivity contribution in [1.29, 1.82) is 0 Å². The zero-order valence-electron chi connectivity index (χ0n) is 15.5. The van der Waals surface area contributed by atoms with E-state index in [9.17, 15) is 9.59 Å². The lowest BCUT2D eigenvalue weighted by Crippen LogP contribution is -2.58. The average molecular weight is 393 g/mol. The first-order valence-electron chi connectivity index (χ1n) is 9.61. The second-order valence-corrected chi connectivity index (χ2v) is 8.12. The van der Waals surface area contributed by atoms with E-state index in [1.807, 2.05) is 23.1 Å². The highest BCUT2D eigenvalue weighted by atomic mass is 35.5. The van der Waals surface area contributed by atoms with E-state index in [2.05, 4.69) is 5.32 Å². The van der Waals surface area contributed by atoms with Crippen LogP contribution in [0.3, 0.4) is 0 Å². The zero-order valence-corrected chi connectivity index (χ0v) is 16.3. The van der Waals surface area contributed by atoms with Crippen molar-refractivity contribution in [2.24, 2.45) is 5.92 Å². The molecule has 146 valence electrons. The van der Waals surface area contributed by atoms with E-state index in [4.69, 9.17) is 21.1 Å². The van der Waals surface area contributed by atoms with Crippen molar-refractivity contribution in [3.63, 3.8) is 0 Å². The van der Waals surface area contributed by atoms with Gasteiger partial charge in [0.15, 0.2) is 0 Å². The van der Waals surface area contributed by atoms with Crippen molar-refractivity contribution < 1.29 is 19.1 Å². The van der Waals surface area contributed by atoms with Crippen molar-refractivity contribution in [2.75, 3.05) is 26.2 Å². The van der Waals surface area contributed by atoms with Gasteiger partial charge in [0.05, 0.1) is 12.6 Å². The summed E-state index contributed by atoms with van der Waals surface area (Å²) in [7, 11) is 0. The van der Waals surface area contributed by atoms with Gasteiger partial charge in [0.2, 0.25) is 11.8 Å². The molecule has 4 rings (SSSR count). The fraction of sp³-hybridized carbons (Fsp3) is 0.600. The molecule has 2 atom stereocenters. The maximum Gasteiger partial charge on any atom is 0.241 e. The minimum atomic E-state index is -0.309. The van der Waals surface area contributed by atoms with E-state index < -0.39 is 0 Å². The first kappa shape index (κ1) is 18.6. The number of rotatable bonds is 2. The Morgan fingerprint density at radius 2 is 2.11 bits per heavy atom. The van der Waals surface area contributed by atoms with Gasteiger partial charge in [-0.1, -0.05) is 11.6 Å². The molecule has 1 N–H and O–H groups in total. The van der Waals surface area contributed by atoms with Crippen molar-refractivity contribution >= 4 is 23.4 Å². The molecule has 2 fully saturated rings. The Labute approximate surface area is 164 Å². The zero-order chi connectivity index (χ0) is 19.0. The molecule has 0 aliphatic carbocycles. The molecule has 3 aliphatic heterocycles. The van der Waals surface area contributed by atoms with Gasteiger partial charge in [0.25, 0.3) is 0 Å². The summed E-state index contributed by atoms with van der Waals surface area (Å²) in [5, 5.41) is 3.28. The standard InChI is InChI=1S/C20H25ClN2O4/c1-13(24)22-12-18(25)23-8-6-20(7-9-23)16-3-2-10-26-19(16)15-11-14(21)4-5-17(15)27-20/h4-5,11,16,19H,2-3,6-10,12H2,1H3,(H,22,24)/t16-,19+/m0/s1. The molecule has 1 aromatic rings. The number of nitrogens with zero attached hydrogens (tertiary/aromatic N) is 1. The van der Waals surface area contributed by atoms with Crippen LogP contribution in [-0.4, -0.2) is 48.6 Å².